The third-order valence-corrected chi connectivity index (χ3v) is 5.40. The zero-order valence-electron chi connectivity index (χ0n) is 16.5. The van der Waals surface area contributed by atoms with E-state index in [-0.39, 0.29) is 12.4 Å². The maximum absolute atomic E-state index is 12.5. The summed E-state index contributed by atoms with van der Waals surface area (Å²) in [6, 6.07) is 1.80. The highest BCUT2D eigenvalue weighted by atomic mass is 32.1. The molecule has 0 radical (unpaired) electrons. The van der Waals surface area contributed by atoms with E-state index in [4.69, 9.17) is 4.74 Å². The summed E-state index contributed by atoms with van der Waals surface area (Å²) in [7, 11) is 1.85. The Morgan fingerprint density at radius 2 is 1.96 bits per heavy atom. The lowest BCUT2D eigenvalue weighted by Gasteiger charge is -2.05. The molecule has 0 bridgehead atoms. The van der Waals surface area contributed by atoms with Crippen LogP contribution in [0.25, 0.3) is 11.2 Å². The second-order valence-corrected chi connectivity index (χ2v) is 7.38. The van der Waals surface area contributed by atoms with Crippen molar-refractivity contribution in [3.8, 4) is 5.13 Å². The van der Waals surface area contributed by atoms with Crippen molar-refractivity contribution in [3.63, 3.8) is 0 Å². The lowest BCUT2D eigenvalue weighted by atomic mass is 10.1. The summed E-state index contributed by atoms with van der Waals surface area (Å²) in [6.07, 6.45) is 4.71. The lowest BCUT2D eigenvalue weighted by molar-refractivity contribution is -0.136. The number of thiazole rings is 1. The van der Waals surface area contributed by atoms with Crippen molar-refractivity contribution >= 4 is 29.2 Å². The summed E-state index contributed by atoms with van der Waals surface area (Å²) < 4.78 is 8.81. The highest BCUT2D eigenvalue weighted by Gasteiger charge is 2.18. The molecule has 0 saturated heterocycles. The second kappa shape index (κ2) is 7.93. The third kappa shape index (κ3) is 3.82. The van der Waals surface area contributed by atoms with Crippen LogP contribution >= 0.6 is 11.3 Å². The van der Waals surface area contributed by atoms with Crippen LogP contribution in [0.4, 0.5) is 0 Å². The molecule has 0 aliphatic carbocycles. The van der Waals surface area contributed by atoms with E-state index in [1.165, 1.54) is 17.4 Å². The van der Waals surface area contributed by atoms with E-state index < -0.39 is 5.97 Å². The Labute approximate surface area is 167 Å². The second-order valence-electron chi connectivity index (χ2n) is 6.51. The van der Waals surface area contributed by atoms with E-state index in [1.807, 2.05) is 44.7 Å². The van der Waals surface area contributed by atoms with Gasteiger partial charge >= 0.3 is 5.97 Å². The molecule has 0 aromatic carbocycles. The van der Waals surface area contributed by atoms with E-state index in [9.17, 15) is 9.59 Å². The molecule has 3 aromatic rings. The molecule has 8 heteroatoms. The van der Waals surface area contributed by atoms with Crippen molar-refractivity contribution < 1.29 is 14.3 Å². The molecule has 0 aliphatic rings. The number of ketones is 1. The van der Waals surface area contributed by atoms with Crippen LogP contribution in [0.2, 0.25) is 0 Å². The minimum atomic E-state index is -0.565. The zero-order valence-corrected chi connectivity index (χ0v) is 17.3. The summed E-state index contributed by atoms with van der Waals surface area (Å²) in [5.41, 5.74) is 4.87. The van der Waals surface area contributed by atoms with E-state index in [0.29, 0.717) is 5.56 Å². The first-order valence-corrected chi connectivity index (χ1v) is 9.64. The van der Waals surface area contributed by atoms with Crippen LogP contribution in [0.1, 0.15) is 38.7 Å². The first-order valence-electron chi connectivity index (χ1n) is 8.76. The van der Waals surface area contributed by atoms with Gasteiger partial charge in [-0.3, -0.25) is 14.0 Å². The van der Waals surface area contributed by atoms with Crippen molar-refractivity contribution in [1.29, 1.82) is 0 Å². The van der Waals surface area contributed by atoms with Gasteiger partial charge in [-0.2, -0.15) is 5.10 Å². The first-order chi connectivity index (χ1) is 13.3. The number of rotatable bonds is 6. The van der Waals surface area contributed by atoms with E-state index in [2.05, 4.69) is 10.1 Å². The number of aromatic nitrogens is 4. The van der Waals surface area contributed by atoms with Gasteiger partial charge in [0.25, 0.3) is 0 Å². The molecule has 0 N–H and O–H groups in total. The molecule has 0 fully saturated rings. The van der Waals surface area contributed by atoms with Crippen LogP contribution in [0.3, 0.4) is 0 Å². The van der Waals surface area contributed by atoms with E-state index >= 15 is 0 Å². The third-order valence-electron chi connectivity index (χ3n) is 4.64. The number of carbonyl (C=O) groups excluding carboxylic acids is 2. The Kier molecular flexibility index (Phi) is 5.60. The van der Waals surface area contributed by atoms with Gasteiger partial charge in [0.2, 0.25) is 5.78 Å². The molecule has 3 rings (SSSR count). The number of hydrogen-bond acceptors (Lipinski definition) is 6. The van der Waals surface area contributed by atoms with Gasteiger partial charge in [0.15, 0.2) is 11.7 Å². The highest BCUT2D eigenvalue weighted by Crippen LogP contribution is 2.22. The molecule has 7 nitrogen and oxygen atoms in total. The normalized spacial score (nSPS) is 11.3. The largest absolute Gasteiger partial charge is 0.454 e. The molecule has 0 saturated carbocycles. The van der Waals surface area contributed by atoms with Gasteiger partial charge in [0.1, 0.15) is 0 Å². The maximum atomic E-state index is 12.5. The van der Waals surface area contributed by atoms with Crippen molar-refractivity contribution in [3.05, 3.63) is 57.6 Å². The highest BCUT2D eigenvalue weighted by molar-refractivity contribution is 7.12. The molecule has 3 heterocycles. The number of nitrogens with zero attached hydrogens (tertiary/aromatic N) is 4. The van der Waals surface area contributed by atoms with E-state index in [1.54, 1.807) is 23.0 Å². The Balaban J connectivity index is 1.67. The number of esters is 1. The summed E-state index contributed by atoms with van der Waals surface area (Å²) in [5.74, 6) is -0.809. The standard InChI is InChI=1S/C20H22N4O3S/c1-12-10-17(15(4)24(12)20-21-8-9-28-20)18(25)11-27-19(26)7-6-16-13(2)22-23(5)14(16)3/h6-10H,11H2,1-5H3/b7-6+. The Hall–Kier alpha value is -3.00. The van der Waals surface area contributed by atoms with Crippen LogP contribution < -0.4 is 0 Å². The van der Waals surface area contributed by atoms with Crippen molar-refractivity contribution in [2.24, 2.45) is 7.05 Å². The van der Waals surface area contributed by atoms with Crippen LogP contribution in [-0.2, 0) is 16.6 Å². The molecule has 0 atom stereocenters. The lowest BCUT2D eigenvalue weighted by Crippen LogP contribution is -2.13. The van der Waals surface area contributed by atoms with Gasteiger partial charge in [-0.15, -0.1) is 11.3 Å². The number of ether oxygens (including phenoxy) is 1. The minimum absolute atomic E-state index is 0.244. The summed E-state index contributed by atoms with van der Waals surface area (Å²) >= 11 is 1.50. The SMILES string of the molecule is Cc1nn(C)c(C)c1/C=C/C(=O)OCC(=O)c1cc(C)n(-c2nccs2)c1C. The number of carbonyl (C=O) groups is 2. The van der Waals surface area contributed by atoms with Gasteiger partial charge in [-0.1, -0.05) is 0 Å². The molecule has 146 valence electrons. The average Bonchev–Trinajstić information content (AvgIpc) is 3.32. The first kappa shape index (κ1) is 19.8. The van der Waals surface area contributed by atoms with Gasteiger partial charge < -0.3 is 4.74 Å². The molecular formula is C20H22N4O3S. The zero-order chi connectivity index (χ0) is 20.4. The topological polar surface area (TPSA) is 79.0 Å². The van der Waals surface area contributed by atoms with Crippen molar-refractivity contribution in [2.45, 2.75) is 27.7 Å². The van der Waals surface area contributed by atoms with Crippen LogP contribution in [0, 0.1) is 27.7 Å². The molecule has 3 aromatic heterocycles. The fourth-order valence-electron chi connectivity index (χ4n) is 3.11. The Bertz CT molecular complexity index is 1060. The quantitative estimate of drug-likeness (QED) is 0.361. The predicted molar refractivity (Wildman–Crippen MR) is 108 cm³/mol. The van der Waals surface area contributed by atoms with Gasteiger partial charge in [0.05, 0.1) is 5.69 Å². The summed E-state index contributed by atoms with van der Waals surface area (Å²) in [5, 5.41) is 6.98. The van der Waals surface area contributed by atoms with Crippen LogP contribution in [0.5, 0.6) is 0 Å². The molecule has 0 unspecified atom stereocenters. The average molecular weight is 398 g/mol. The number of Topliss-reactive ketones (excluding diaryl/α,β-unsaturated/α-hetero) is 1. The monoisotopic (exact) mass is 398 g/mol. The molecule has 0 aliphatic heterocycles. The van der Waals surface area contributed by atoms with Gasteiger partial charge in [-0.25, -0.2) is 9.78 Å². The number of aryl methyl sites for hydroxylation is 3. The maximum Gasteiger partial charge on any atom is 0.331 e. The van der Waals surface area contributed by atoms with Gasteiger partial charge in [0, 0.05) is 52.9 Å². The Morgan fingerprint density at radius 3 is 2.57 bits per heavy atom. The fraction of sp³-hybridized carbons (Fsp3) is 0.300. The minimum Gasteiger partial charge on any atom is -0.454 e. The number of hydrogen-bond donors (Lipinski definition) is 0. The predicted octanol–water partition coefficient (Wildman–Crippen LogP) is 3.34. The van der Waals surface area contributed by atoms with E-state index in [0.717, 1.165) is 33.5 Å². The molecule has 0 amide bonds. The summed E-state index contributed by atoms with van der Waals surface area (Å²) in [6.45, 7) is 7.26. The van der Waals surface area contributed by atoms with Gasteiger partial charge in [-0.05, 0) is 39.8 Å². The van der Waals surface area contributed by atoms with Crippen molar-refractivity contribution in [2.75, 3.05) is 6.61 Å². The van der Waals surface area contributed by atoms with Crippen LogP contribution in [-0.4, -0.2) is 37.7 Å². The van der Waals surface area contributed by atoms with Crippen molar-refractivity contribution in [1.82, 2.24) is 19.3 Å². The Morgan fingerprint density at radius 1 is 1.21 bits per heavy atom. The molecular weight excluding hydrogens is 376 g/mol. The summed E-state index contributed by atoms with van der Waals surface area (Å²) in [4.78, 5) is 28.9. The fourth-order valence-corrected chi connectivity index (χ4v) is 3.86. The smallest absolute Gasteiger partial charge is 0.331 e. The molecule has 28 heavy (non-hydrogen) atoms. The van der Waals surface area contributed by atoms with Crippen LogP contribution in [0.15, 0.2) is 23.7 Å². The molecule has 0 spiro atoms.